The van der Waals surface area contributed by atoms with Gasteiger partial charge in [-0.1, -0.05) is 55.1 Å². The summed E-state index contributed by atoms with van der Waals surface area (Å²) in [5.41, 5.74) is 2.17. The predicted molar refractivity (Wildman–Crippen MR) is 121 cm³/mol. The number of rotatable bonds is 10. The Kier molecular flexibility index (Phi) is 7.79. The van der Waals surface area contributed by atoms with Crippen molar-refractivity contribution in [2.45, 2.75) is 43.1 Å². The number of nitrogens with one attached hydrogen (secondary N) is 1. The van der Waals surface area contributed by atoms with Gasteiger partial charge in [-0.2, -0.15) is 0 Å². The summed E-state index contributed by atoms with van der Waals surface area (Å²) in [5, 5.41) is 12.1. The molecule has 156 valence electrons. The molecule has 0 aliphatic carbocycles. The quantitative estimate of drug-likeness (QED) is 0.390. The van der Waals surface area contributed by atoms with Gasteiger partial charge in [-0.3, -0.25) is 14.3 Å². The van der Waals surface area contributed by atoms with Crippen LogP contribution in [0.3, 0.4) is 0 Å². The summed E-state index contributed by atoms with van der Waals surface area (Å²) in [4.78, 5) is 16.8. The van der Waals surface area contributed by atoms with Gasteiger partial charge in [0.2, 0.25) is 5.91 Å². The Morgan fingerprint density at radius 3 is 2.60 bits per heavy atom. The second-order valence-electron chi connectivity index (χ2n) is 6.96. The van der Waals surface area contributed by atoms with Gasteiger partial charge < -0.3 is 5.32 Å². The largest absolute Gasteiger partial charge is 0.355 e. The molecule has 3 aromatic rings. The maximum Gasteiger partial charge on any atom is 0.233 e. The molecular weight excluding hydrogens is 394 g/mol. The second kappa shape index (κ2) is 10.7. The van der Waals surface area contributed by atoms with Gasteiger partial charge in [0.15, 0.2) is 11.0 Å². The normalized spacial score (nSPS) is 12.9. The SMILES string of the molecule is C=CCn1c(S[C@H](C)C(=O)NC[C@@H](CC)c2ccccc2)nnc1-c1ccncc1. The topological polar surface area (TPSA) is 72.7 Å². The Morgan fingerprint density at radius 1 is 1.20 bits per heavy atom. The summed E-state index contributed by atoms with van der Waals surface area (Å²) in [6.45, 7) is 9.05. The molecule has 3 rings (SSSR count). The predicted octanol–water partition coefficient (Wildman–Crippen LogP) is 4.32. The first-order valence-electron chi connectivity index (χ1n) is 10.1. The number of hydrogen-bond acceptors (Lipinski definition) is 5. The molecule has 0 fully saturated rings. The lowest BCUT2D eigenvalue weighted by molar-refractivity contribution is -0.120. The van der Waals surface area contributed by atoms with E-state index in [1.54, 1.807) is 18.5 Å². The Morgan fingerprint density at radius 2 is 1.93 bits per heavy atom. The molecular formula is C23H27N5OS. The van der Waals surface area contributed by atoms with E-state index in [0.717, 1.165) is 17.8 Å². The fourth-order valence-electron chi connectivity index (χ4n) is 3.19. The van der Waals surface area contributed by atoms with Crippen molar-refractivity contribution in [1.29, 1.82) is 0 Å². The van der Waals surface area contributed by atoms with Crippen molar-refractivity contribution in [2.75, 3.05) is 6.54 Å². The van der Waals surface area contributed by atoms with Crippen LogP contribution in [0.15, 0.2) is 72.7 Å². The number of amides is 1. The van der Waals surface area contributed by atoms with Crippen LogP contribution in [-0.4, -0.2) is 37.5 Å². The molecule has 0 radical (unpaired) electrons. The van der Waals surface area contributed by atoms with E-state index < -0.39 is 0 Å². The highest BCUT2D eigenvalue weighted by Gasteiger charge is 2.21. The molecule has 2 aromatic heterocycles. The zero-order valence-electron chi connectivity index (χ0n) is 17.4. The van der Waals surface area contributed by atoms with Gasteiger partial charge >= 0.3 is 0 Å². The standard InChI is InChI=1S/C23H27N5OS/c1-4-15-28-21(20-11-13-24-14-12-20)26-27-23(28)30-17(3)22(29)25-16-18(5-2)19-9-7-6-8-10-19/h4,6-14,17-18H,1,5,15-16H2,2-3H3,(H,25,29)/t17-,18-/m1/s1. The average molecular weight is 422 g/mol. The Labute approximate surface area is 181 Å². The highest BCUT2D eigenvalue weighted by molar-refractivity contribution is 8.00. The summed E-state index contributed by atoms with van der Waals surface area (Å²) in [6.07, 6.45) is 6.22. The second-order valence-corrected chi connectivity index (χ2v) is 8.27. The molecule has 0 saturated heterocycles. The lowest BCUT2D eigenvalue weighted by Crippen LogP contribution is -2.34. The number of carbonyl (C=O) groups is 1. The zero-order chi connectivity index (χ0) is 21.3. The minimum atomic E-state index is -0.295. The fourth-order valence-corrected chi connectivity index (χ4v) is 4.07. The van der Waals surface area contributed by atoms with Crippen molar-refractivity contribution in [3.8, 4) is 11.4 Å². The number of hydrogen-bond donors (Lipinski definition) is 1. The van der Waals surface area contributed by atoms with Crippen molar-refractivity contribution in [3.05, 3.63) is 73.1 Å². The van der Waals surface area contributed by atoms with E-state index in [4.69, 9.17) is 0 Å². The van der Waals surface area contributed by atoms with Crippen LogP contribution in [0.2, 0.25) is 0 Å². The third-order valence-electron chi connectivity index (χ3n) is 4.90. The number of thioether (sulfide) groups is 1. The van der Waals surface area contributed by atoms with Gasteiger partial charge in [0.05, 0.1) is 5.25 Å². The van der Waals surface area contributed by atoms with Crippen LogP contribution in [0, 0.1) is 0 Å². The molecule has 1 amide bonds. The molecule has 0 aliphatic heterocycles. The smallest absolute Gasteiger partial charge is 0.233 e. The number of pyridine rings is 1. The molecule has 2 atom stereocenters. The minimum Gasteiger partial charge on any atom is -0.355 e. The van der Waals surface area contributed by atoms with E-state index in [1.807, 2.05) is 41.8 Å². The molecule has 2 heterocycles. The number of benzene rings is 1. The van der Waals surface area contributed by atoms with Gasteiger partial charge in [0.25, 0.3) is 0 Å². The number of allylic oxidation sites excluding steroid dienone is 1. The van der Waals surface area contributed by atoms with Gasteiger partial charge in [-0.25, -0.2) is 0 Å². The van der Waals surface area contributed by atoms with Gasteiger partial charge in [-0.15, -0.1) is 16.8 Å². The van der Waals surface area contributed by atoms with Gasteiger partial charge in [0, 0.05) is 37.0 Å². The van der Waals surface area contributed by atoms with E-state index >= 15 is 0 Å². The lowest BCUT2D eigenvalue weighted by atomic mass is 9.96. The number of aromatic nitrogens is 4. The summed E-state index contributed by atoms with van der Waals surface area (Å²) in [7, 11) is 0. The molecule has 0 spiro atoms. The molecule has 6 nitrogen and oxygen atoms in total. The molecule has 1 N–H and O–H groups in total. The van der Waals surface area contributed by atoms with Crippen LogP contribution >= 0.6 is 11.8 Å². The van der Waals surface area contributed by atoms with Crippen LogP contribution in [0.25, 0.3) is 11.4 Å². The summed E-state index contributed by atoms with van der Waals surface area (Å²) in [6, 6.07) is 14.1. The van der Waals surface area contributed by atoms with Gasteiger partial charge in [0.1, 0.15) is 0 Å². The van der Waals surface area contributed by atoms with E-state index in [9.17, 15) is 4.79 Å². The van der Waals surface area contributed by atoms with Crippen LogP contribution in [-0.2, 0) is 11.3 Å². The monoisotopic (exact) mass is 421 g/mol. The Balaban J connectivity index is 1.66. The van der Waals surface area contributed by atoms with E-state index in [2.05, 4.69) is 46.1 Å². The first kappa shape index (κ1) is 21.8. The van der Waals surface area contributed by atoms with Gasteiger partial charge in [-0.05, 0) is 31.0 Å². The molecule has 0 aliphatic rings. The molecule has 0 saturated carbocycles. The molecule has 1 aromatic carbocycles. The van der Waals surface area contributed by atoms with Crippen molar-refractivity contribution < 1.29 is 4.79 Å². The number of nitrogens with zero attached hydrogens (tertiary/aromatic N) is 4. The van der Waals surface area contributed by atoms with Crippen LogP contribution in [0.4, 0.5) is 0 Å². The Hall–Kier alpha value is -2.93. The van der Waals surface area contributed by atoms with E-state index in [0.29, 0.717) is 24.2 Å². The minimum absolute atomic E-state index is 0.00649. The van der Waals surface area contributed by atoms with Crippen LogP contribution in [0.5, 0.6) is 0 Å². The van der Waals surface area contributed by atoms with Crippen molar-refractivity contribution in [1.82, 2.24) is 25.1 Å². The van der Waals surface area contributed by atoms with E-state index in [1.165, 1.54) is 17.3 Å². The summed E-state index contributed by atoms with van der Waals surface area (Å²) >= 11 is 1.40. The van der Waals surface area contributed by atoms with Crippen molar-refractivity contribution in [3.63, 3.8) is 0 Å². The van der Waals surface area contributed by atoms with Crippen LogP contribution < -0.4 is 5.32 Å². The van der Waals surface area contributed by atoms with E-state index in [-0.39, 0.29) is 11.2 Å². The van der Waals surface area contributed by atoms with Crippen LogP contribution in [0.1, 0.15) is 31.7 Å². The fraction of sp³-hybridized carbons (Fsp3) is 0.304. The summed E-state index contributed by atoms with van der Waals surface area (Å²) in [5.74, 6) is 1.03. The molecule has 0 bridgehead atoms. The molecule has 7 heteroatoms. The average Bonchev–Trinajstić information content (AvgIpc) is 3.17. The molecule has 30 heavy (non-hydrogen) atoms. The highest BCUT2D eigenvalue weighted by Crippen LogP contribution is 2.27. The highest BCUT2D eigenvalue weighted by atomic mass is 32.2. The first-order valence-corrected chi connectivity index (χ1v) is 11.0. The number of carbonyl (C=O) groups excluding carboxylic acids is 1. The Bertz CT molecular complexity index is 958. The maximum atomic E-state index is 12.7. The third-order valence-corrected chi connectivity index (χ3v) is 5.99. The maximum absolute atomic E-state index is 12.7. The zero-order valence-corrected chi connectivity index (χ0v) is 18.2. The molecule has 0 unspecified atom stereocenters. The van der Waals surface area contributed by atoms with Crippen molar-refractivity contribution >= 4 is 17.7 Å². The third kappa shape index (κ3) is 5.36. The lowest BCUT2D eigenvalue weighted by Gasteiger charge is -2.18. The van der Waals surface area contributed by atoms with Crippen molar-refractivity contribution in [2.24, 2.45) is 0 Å². The summed E-state index contributed by atoms with van der Waals surface area (Å²) < 4.78 is 1.97. The first-order chi connectivity index (χ1) is 14.6.